The molecule has 0 fully saturated rings. The van der Waals surface area contributed by atoms with E-state index in [1.807, 2.05) is 12.1 Å². The minimum Gasteiger partial charge on any atom is -0.478 e. The highest BCUT2D eigenvalue weighted by molar-refractivity contribution is 5.85. The van der Waals surface area contributed by atoms with Gasteiger partial charge >= 0.3 is 5.97 Å². The molecule has 1 rings (SSSR count). The second-order valence-electron chi connectivity index (χ2n) is 4.24. The van der Waals surface area contributed by atoms with Gasteiger partial charge in [-0.25, -0.2) is 4.79 Å². The summed E-state index contributed by atoms with van der Waals surface area (Å²) in [7, 11) is 1.56. The largest absolute Gasteiger partial charge is 0.478 e. The molecule has 0 spiro atoms. The third-order valence-electron chi connectivity index (χ3n) is 2.52. The molecule has 0 radical (unpaired) electrons. The lowest BCUT2D eigenvalue weighted by atomic mass is 10.1. The third kappa shape index (κ3) is 7.86. The summed E-state index contributed by atoms with van der Waals surface area (Å²) in [5.74, 6) is -1.21. The molecule has 0 aliphatic rings. The van der Waals surface area contributed by atoms with E-state index in [0.29, 0.717) is 19.8 Å². The number of rotatable bonds is 9. The quantitative estimate of drug-likeness (QED) is 0.525. The van der Waals surface area contributed by atoms with Crippen molar-refractivity contribution in [1.82, 2.24) is 5.32 Å². The van der Waals surface area contributed by atoms with Gasteiger partial charge in [0.25, 0.3) is 0 Å². The lowest BCUT2D eigenvalue weighted by Gasteiger charge is -2.07. The van der Waals surface area contributed by atoms with Gasteiger partial charge in [0.15, 0.2) is 0 Å². The van der Waals surface area contributed by atoms with E-state index in [9.17, 15) is 9.59 Å². The van der Waals surface area contributed by atoms with Crippen molar-refractivity contribution in [3.8, 4) is 0 Å². The molecular weight excluding hydrogens is 274 g/mol. The predicted molar refractivity (Wildman–Crippen MR) is 77.7 cm³/mol. The van der Waals surface area contributed by atoms with Crippen LogP contribution in [0.15, 0.2) is 30.3 Å². The number of methoxy groups -OCH3 is 1. The molecule has 0 aliphatic heterocycles. The van der Waals surface area contributed by atoms with E-state index in [4.69, 9.17) is 14.6 Å². The van der Waals surface area contributed by atoms with Crippen LogP contribution in [-0.2, 0) is 25.6 Å². The van der Waals surface area contributed by atoms with E-state index in [2.05, 4.69) is 5.32 Å². The van der Waals surface area contributed by atoms with Crippen LogP contribution in [0, 0.1) is 0 Å². The van der Waals surface area contributed by atoms with E-state index < -0.39 is 5.97 Å². The second kappa shape index (κ2) is 9.68. The summed E-state index contributed by atoms with van der Waals surface area (Å²) in [6.45, 7) is 1.17. The van der Waals surface area contributed by atoms with Crippen molar-refractivity contribution in [3.05, 3.63) is 41.5 Å². The number of hydrogen-bond acceptors (Lipinski definition) is 4. The number of carbonyl (C=O) groups is 2. The Balaban J connectivity index is 2.39. The lowest BCUT2D eigenvalue weighted by molar-refractivity contribution is -0.131. The first kappa shape index (κ1) is 16.9. The third-order valence-corrected chi connectivity index (χ3v) is 2.52. The van der Waals surface area contributed by atoms with Crippen LogP contribution in [0.2, 0.25) is 0 Å². The fourth-order valence-electron chi connectivity index (χ4n) is 1.53. The second-order valence-corrected chi connectivity index (χ2v) is 4.24. The van der Waals surface area contributed by atoms with Gasteiger partial charge in [0.05, 0.1) is 13.2 Å². The first-order valence-electron chi connectivity index (χ1n) is 6.45. The average Bonchev–Trinajstić information content (AvgIpc) is 2.48. The van der Waals surface area contributed by atoms with Crippen molar-refractivity contribution in [2.45, 2.75) is 6.54 Å². The van der Waals surface area contributed by atoms with Gasteiger partial charge in [-0.2, -0.15) is 0 Å². The Labute approximate surface area is 123 Å². The zero-order valence-electron chi connectivity index (χ0n) is 11.9. The normalized spacial score (nSPS) is 10.7. The Kier molecular flexibility index (Phi) is 7.78. The van der Waals surface area contributed by atoms with Crippen molar-refractivity contribution >= 4 is 18.0 Å². The topological polar surface area (TPSA) is 84.9 Å². The molecule has 1 amide bonds. The minimum absolute atomic E-state index is 0.0119. The monoisotopic (exact) mass is 293 g/mol. The van der Waals surface area contributed by atoms with Crippen molar-refractivity contribution in [1.29, 1.82) is 0 Å². The number of amides is 1. The van der Waals surface area contributed by atoms with Crippen LogP contribution in [0.25, 0.3) is 6.08 Å². The number of ether oxygens (including phenoxy) is 2. The van der Waals surface area contributed by atoms with Gasteiger partial charge in [-0.1, -0.05) is 18.2 Å². The van der Waals surface area contributed by atoms with Gasteiger partial charge < -0.3 is 19.9 Å². The Bertz CT molecular complexity index is 499. The van der Waals surface area contributed by atoms with Gasteiger partial charge in [-0.15, -0.1) is 0 Å². The van der Waals surface area contributed by atoms with Crippen LogP contribution in [-0.4, -0.2) is 43.9 Å². The van der Waals surface area contributed by atoms with E-state index in [0.717, 1.165) is 17.2 Å². The zero-order valence-corrected chi connectivity index (χ0v) is 11.9. The van der Waals surface area contributed by atoms with E-state index in [1.165, 1.54) is 6.08 Å². The number of carboxylic acids is 1. The molecule has 21 heavy (non-hydrogen) atoms. The number of nitrogens with one attached hydrogen (secondary N) is 1. The molecule has 0 saturated heterocycles. The highest BCUT2D eigenvalue weighted by Gasteiger charge is 2.01. The van der Waals surface area contributed by atoms with Crippen LogP contribution in [0.3, 0.4) is 0 Å². The summed E-state index contributed by atoms with van der Waals surface area (Å²) < 4.78 is 9.90. The van der Waals surface area contributed by atoms with Gasteiger partial charge in [-0.05, 0) is 23.3 Å². The predicted octanol–water partition coefficient (Wildman–Crippen LogP) is 1.06. The molecule has 2 N–H and O–H groups in total. The molecule has 6 nitrogen and oxygen atoms in total. The van der Waals surface area contributed by atoms with Crippen molar-refractivity contribution in [2.24, 2.45) is 0 Å². The Morgan fingerprint density at radius 2 is 2.14 bits per heavy atom. The molecule has 0 saturated carbocycles. The van der Waals surface area contributed by atoms with E-state index in [1.54, 1.807) is 19.2 Å². The molecule has 0 bridgehead atoms. The molecule has 0 heterocycles. The maximum absolute atomic E-state index is 11.5. The zero-order chi connectivity index (χ0) is 15.5. The van der Waals surface area contributed by atoms with Gasteiger partial charge in [-0.3, -0.25) is 4.79 Å². The Hall–Kier alpha value is -2.18. The van der Waals surface area contributed by atoms with Crippen molar-refractivity contribution in [2.75, 3.05) is 26.9 Å². The summed E-state index contributed by atoms with van der Waals surface area (Å²) >= 11 is 0. The Morgan fingerprint density at radius 3 is 2.86 bits per heavy atom. The van der Waals surface area contributed by atoms with Crippen LogP contribution >= 0.6 is 0 Å². The standard InChI is InChI=1S/C15H19NO5/c1-20-7-8-21-11-14(17)16-10-13-4-2-3-12(9-13)5-6-15(18)19/h2-6,9H,7-8,10-11H2,1H3,(H,16,17)(H,18,19)/b6-5+. The Morgan fingerprint density at radius 1 is 1.33 bits per heavy atom. The fraction of sp³-hybridized carbons (Fsp3) is 0.333. The summed E-state index contributed by atoms with van der Waals surface area (Å²) in [4.78, 5) is 22.0. The van der Waals surface area contributed by atoms with Crippen molar-refractivity contribution < 1.29 is 24.2 Å². The average molecular weight is 293 g/mol. The lowest BCUT2D eigenvalue weighted by Crippen LogP contribution is -2.27. The SMILES string of the molecule is COCCOCC(=O)NCc1cccc(/C=C/C(=O)O)c1. The molecule has 6 heteroatoms. The first-order valence-corrected chi connectivity index (χ1v) is 6.45. The summed E-state index contributed by atoms with van der Waals surface area (Å²) in [5.41, 5.74) is 1.65. The molecule has 0 aliphatic carbocycles. The summed E-state index contributed by atoms with van der Waals surface area (Å²) in [5, 5.41) is 11.3. The highest BCUT2D eigenvalue weighted by atomic mass is 16.5. The number of hydrogen-bond donors (Lipinski definition) is 2. The molecule has 1 aromatic carbocycles. The summed E-state index contributed by atoms with van der Waals surface area (Å²) in [6.07, 6.45) is 2.57. The number of carboxylic acid groups (broad SMARTS) is 1. The molecule has 0 aromatic heterocycles. The van der Waals surface area contributed by atoms with Crippen LogP contribution in [0.1, 0.15) is 11.1 Å². The van der Waals surface area contributed by atoms with Crippen LogP contribution < -0.4 is 5.32 Å². The van der Waals surface area contributed by atoms with Gasteiger partial charge in [0.1, 0.15) is 6.61 Å². The van der Waals surface area contributed by atoms with Gasteiger partial charge in [0.2, 0.25) is 5.91 Å². The van der Waals surface area contributed by atoms with Crippen LogP contribution in [0.5, 0.6) is 0 Å². The smallest absolute Gasteiger partial charge is 0.328 e. The van der Waals surface area contributed by atoms with Crippen molar-refractivity contribution in [3.63, 3.8) is 0 Å². The maximum Gasteiger partial charge on any atom is 0.328 e. The molecular formula is C15H19NO5. The fourth-order valence-corrected chi connectivity index (χ4v) is 1.53. The number of aliphatic carboxylic acids is 1. The molecule has 114 valence electrons. The molecule has 1 aromatic rings. The van der Waals surface area contributed by atoms with E-state index in [-0.39, 0.29) is 12.5 Å². The number of carbonyl (C=O) groups excluding carboxylic acids is 1. The van der Waals surface area contributed by atoms with Gasteiger partial charge in [0, 0.05) is 19.7 Å². The highest BCUT2D eigenvalue weighted by Crippen LogP contribution is 2.07. The first-order chi connectivity index (χ1) is 10.1. The maximum atomic E-state index is 11.5. The number of benzene rings is 1. The van der Waals surface area contributed by atoms with E-state index >= 15 is 0 Å². The van der Waals surface area contributed by atoms with Crippen LogP contribution in [0.4, 0.5) is 0 Å². The molecule has 0 unspecified atom stereocenters. The molecule has 0 atom stereocenters. The summed E-state index contributed by atoms with van der Waals surface area (Å²) in [6, 6.07) is 7.26. The minimum atomic E-state index is -0.998.